The van der Waals surface area contributed by atoms with Gasteiger partial charge in [-0.1, -0.05) is 18.2 Å². The maximum atomic E-state index is 13.0. The van der Waals surface area contributed by atoms with Crippen molar-refractivity contribution in [3.8, 4) is 0 Å². The minimum atomic E-state index is -1.95. The lowest BCUT2D eigenvalue weighted by Crippen LogP contribution is -2.51. The molecule has 3 atom stereocenters. The number of carbonyl (C=O) groups is 5. The third kappa shape index (κ3) is 2.89. The SMILES string of the molecule is CCOC(=O)[C@H]1[C@H](/C=C\C(=O)OC)[C@@]1(C(=O)OC)N1C(=O)c2ccccc2C1=O. The van der Waals surface area contributed by atoms with Gasteiger partial charge >= 0.3 is 17.9 Å². The molecule has 0 radical (unpaired) electrons. The fourth-order valence-electron chi connectivity index (χ4n) is 3.80. The second-order valence-electron chi connectivity index (χ2n) is 6.45. The highest BCUT2D eigenvalue weighted by Crippen LogP contribution is 2.59. The largest absolute Gasteiger partial charge is 0.467 e. The van der Waals surface area contributed by atoms with Crippen molar-refractivity contribution in [2.75, 3.05) is 20.8 Å². The molecule has 2 amide bonds. The molecule has 29 heavy (non-hydrogen) atoms. The van der Waals surface area contributed by atoms with Crippen LogP contribution in [0, 0.1) is 11.8 Å². The summed E-state index contributed by atoms with van der Waals surface area (Å²) in [5.74, 6) is -6.12. The van der Waals surface area contributed by atoms with Crippen LogP contribution in [-0.4, -0.2) is 61.0 Å². The predicted molar refractivity (Wildman–Crippen MR) is 96.5 cm³/mol. The molecule has 1 heterocycles. The van der Waals surface area contributed by atoms with Crippen molar-refractivity contribution in [3.05, 3.63) is 47.5 Å². The van der Waals surface area contributed by atoms with Crippen LogP contribution in [0.3, 0.4) is 0 Å². The quantitative estimate of drug-likeness (QED) is 0.296. The van der Waals surface area contributed by atoms with Crippen LogP contribution in [-0.2, 0) is 28.6 Å². The highest BCUT2D eigenvalue weighted by molar-refractivity contribution is 6.24. The maximum absolute atomic E-state index is 13.0. The smallest absolute Gasteiger partial charge is 0.333 e. The van der Waals surface area contributed by atoms with Crippen LogP contribution in [0.2, 0.25) is 0 Å². The minimum absolute atomic E-state index is 0.0299. The van der Waals surface area contributed by atoms with E-state index >= 15 is 0 Å². The summed E-state index contributed by atoms with van der Waals surface area (Å²) >= 11 is 0. The van der Waals surface area contributed by atoms with E-state index in [2.05, 4.69) is 4.74 Å². The van der Waals surface area contributed by atoms with Crippen molar-refractivity contribution < 1.29 is 38.2 Å². The van der Waals surface area contributed by atoms with Crippen LogP contribution in [0.15, 0.2) is 36.4 Å². The first kappa shape index (κ1) is 20.2. The molecule has 0 N–H and O–H groups in total. The summed E-state index contributed by atoms with van der Waals surface area (Å²) in [5.41, 5.74) is -1.71. The molecule has 9 heteroatoms. The van der Waals surface area contributed by atoms with Gasteiger partial charge in [-0.15, -0.1) is 0 Å². The zero-order chi connectivity index (χ0) is 21.3. The number of hydrogen-bond donors (Lipinski definition) is 0. The Hall–Kier alpha value is -3.49. The number of ether oxygens (including phenoxy) is 3. The van der Waals surface area contributed by atoms with Crippen LogP contribution in [0.1, 0.15) is 27.6 Å². The molecule has 3 rings (SSSR count). The molecule has 1 fully saturated rings. The summed E-state index contributed by atoms with van der Waals surface area (Å²) in [6, 6.07) is 6.09. The Labute approximate surface area is 166 Å². The summed E-state index contributed by atoms with van der Waals surface area (Å²) in [6.45, 7) is 1.61. The molecular weight excluding hydrogens is 382 g/mol. The van der Waals surface area contributed by atoms with Crippen LogP contribution in [0.25, 0.3) is 0 Å². The predicted octanol–water partition coefficient (Wildman–Crippen LogP) is 0.733. The summed E-state index contributed by atoms with van der Waals surface area (Å²) in [5, 5.41) is 0. The molecule has 0 aromatic heterocycles. The molecule has 2 aliphatic rings. The lowest BCUT2D eigenvalue weighted by Gasteiger charge is -2.25. The van der Waals surface area contributed by atoms with Crippen LogP contribution in [0.5, 0.6) is 0 Å². The van der Waals surface area contributed by atoms with Gasteiger partial charge in [0.25, 0.3) is 11.8 Å². The van der Waals surface area contributed by atoms with E-state index in [0.29, 0.717) is 0 Å². The standard InChI is InChI=1S/C20H19NO8/c1-4-29-18(25)15-13(9-10-14(22)27-2)20(15,19(26)28-3)21-16(23)11-7-5-6-8-12(11)17(21)24/h5-10,13,15H,4H2,1-3H3/b10-9-/t13-,15+,20+/m0/s1. The van der Waals surface area contributed by atoms with Crippen molar-refractivity contribution in [2.24, 2.45) is 11.8 Å². The molecule has 152 valence electrons. The van der Waals surface area contributed by atoms with E-state index in [9.17, 15) is 24.0 Å². The lowest BCUT2D eigenvalue weighted by atomic mass is 10.1. The van der Waals surface area contributed by atoms with Gasteiger partial charge in [0.05, 0.1) is 32.0 Å². The van der Waals surface area contributed by atoms with Gasteiger partial charge in [-0.2, -0.15) is 0 Å². The fraction of sp³-hybridized carbons (Fsp3) is 0.350. The van der Waals surface area contributed by atoms with E-state index in [0.717, 1.165) is 18.1 Å². The number of methoxy groups -OCH3 is 2. The highest BCUT2D eigenvalue weighted by Gasteiger charge is 2.79. The van der Waals surface area contributed by atoms with Crippen molar-refractivity contribution in [1.82, 2.24) is 4.90 Å². The number of hydrogen-bond acceptors (Lipinski definition) is 8. The minimum Gasteiger partial charge on any atom is -0.467 e. The highest BCUT2D eigenvalue weighted by atomic mass is 16.5. The molecule has 9 nitrogen and oxygen atoms in total. The molecule has 0 unspecified atom stereocenters. The van der Waals surface area contributed by atoms with E-state index < -0.39 is 47.1 Å². The fourth-order valence-corrected chi connectivity index (χ4v) is 3.80. The van der Waals surface area contributed by atoms with E-state index in [1.165, 1.54) is 25.3 Å². The van der Waals surface area contributed by atoms with Gasteiger partial charge in [-0.3, -0.25) is 19.3 Å². The molecule has 1 saturated carbocycles. The van der Waals surface area contributed by atoms with Crippen molar-refractivity contribution in [1.29, 1.82) is 0 Å². The number of rotatable bonds is 6. The number of esters is 3. The Morgan fingerprint density at radius 3 is 2.14 bits per heavy atom. The number of benzene rings is 1. The zero-order valence-corrected chi connectivity index (χ0v) is 16.0. The number of amides is 2. The van der Waals surface area contributed by atoms with Gasteiger partial charge < -0.3 is 14.2 Å². The van der Waals surface area contributed by atoms with E-state index in [1.807, 2.05) is 0 Å². The van der Waals surface area contributed by atoms with Gasteiger partial charge in [-0.25, -0.2) is 9.59 Å². The van der Waals surface area contributed by atoms with E-state index in [4.69, 9.17) is 9.47 Å². The first-order chi connectivity index (χ1) is 13.9. The van der Waals surface area contributed by atoms with Crippen molar-refractivity contribution in [2.45, 2.75) is 12.5 Å². The van der Waals surface area contributed by atoms with Crippen LogP contribution >= 0.6 is 0 Å². The molecule has 1 aliphatic carbocycles. The van der Waals surface area contributed by atoms with E-state index in [-0.39, 0.29) is 17.7 Å². The number of carbonyl (C=O) groups excluding carboxylic acids is 5. The van der Waals surface area contributed by atoms with Crippen molar-refractivity contribution in [3.63, 3.8) is 0 Å². The Morgan fingerprint density at radius 2 is 1.66 bits per heavy atom. The number of nitrogens with zero attached hydrogens (tertiary/aromatic N) is 1. The molecule has 1 aromatic carbocycles. The molecule has 0 saturated heterocycles. The monoisotopic (exact) mass is 401 g/mol. The Balaban J connectivity index is 2.12. The molecular formula is C20H19NO8. The number of fused-ring (bicyclic) bond motifs is 1. The number of imide groups is 1. The van der Waals surface area contributed by atoms with E-state index in [1.54, 1.807) is 19.1 Å². The van der Waals surface area contributed by atoms with Crippen LogP contribution in [0.4, 0.5) is 0 Å². The zero-order valence-electron chi connectivity index (χ0n) is 16.0. The first-order valence-electron chi connectivity index (χ1n) is 8.85. The Kier molecular flexibility index (Phi) is 5.23. The second kappa shape index (κ2) is 7.50. The summed E-state index contributed by atoms with van der Waals surface area (Å²) in [4.78, 5) is 63.7. The summed E-state index contributed by atoms with van der Waals surface area (Å²) < 4.78 is 14.4. The average molecular weight is 401 g/mol. The van der Waals surface area contributed by atoms with Gasteiger partial charge in [-0.05, 0) is 19.1 Å². The third-order valence-corrected chi connectivity index (χ3v) is 5.09. The Bertz CT molecular complexity index is 901. The average Bonchev–Trinajstić information content (AvgIpc) is 3.32. The topological polar surface area (TPSA) is 116 Å². The lowest BCUT2D eigenvalue weighted by molar-refractivity contribution is -0.153. The summed E-state index contributed by atoms with van der Waals surface area (Å²) in [7, 11) is 2.25. The molecule has 0 spiro atoms. The second-order valence-corrected chi connectivity index (χ2v) is 6.45. The molecule has 1 aliphatic heterocycles. The third-order valence-electron chi connectivity index (χ3n) is 5.09. The summed E-state index contributed by atoms with van der Waals surface area (Å²) in [6.07, 6.45) is 2.29. The van der Waals surface area contributed by atoms with Gasteiger partial charge in [0.15, 0.2) is 5.54 Å². The van der Waals surface area contributed by atoms with Gasteiger partial charge in [0.1, 0.15) is 5.92 Å². The maximum Gasteiger partial charge on any atom is 0.333 e. The Morgan fingerprint density at radius 1 is 1.07 bits per heavy atom. The molecule has 1 aromatic rings. The first-order valence-corrected chi connectivity index (χ1v) is 8.85. The van der Waals surface area contributed by atoms with Crippen molar-refractivity contribution >= 4 is 29.7 Å². The van der Waals surface area contributed by atoms with Crippen LogP contribution < -0.4 is 0 Å². The van der Waals surface area contributed by atoms with Gasteiger partial charge in [0.2, 0.25) is 0 Å². The molecule has 0 bridgehead atoms. The van der Waals surface area contributed by atoms with Gasteiger partial charge in [0, 0.05) is 12.0 Å². The normalized spacial score (nSPS) is 25.0.